The summed E-state index contributed by atoms with van der Waals surface area (Å²) >= 11 is 1.54. The van der Waals surface area contributed by atoms with Gasteiger partial charge in [-0.25, -0.2) is 19.7 Å². The normalized spacial score (nSPS) is 22.8. The molecular formula is C20H24N6O5S. The molecular weight excluding hydrogens is 436 g/mol. The summed E-state index contributed by atoms with van der Waals surface area (Å²) in [5.74, 6) is 1.40. The van der Waals surface area contributed by atoms with Crippen LogP contribution >= 0.6 is 11.8 Å². The predicted molar refractivity (Wildman–Crippen MR) is 119 cm³/mol. The second-order valence-electron chi connectivity index (χ2n) is 7.18. The quantitative estimate of drug-likeness (QED) is 0.362. The van der Waals surface area contributed by atoms with Crippen molar-refractivity contribution < 1.29 is 24.5 Å². The van der Waals surface area contributed by atoms with Crippen LogP contribution in [0.4, 0.5) is 16.3 Å². The van der Waals surface area contributed by atoms with E-state index in [9.17, 15) is 15.0 Å². The van der Waals surface area contributed by atoms with Gasteiger partial charge < -0.3 is 25.4 Å². The number of aliphatic hydroxyl groups excluding tert-OH is 2. The molecule has 2 aromatic heterocycles. The number of nitrogens with two attached hydrogens (primary N) is 1. The second kappa shape index (κ2) is 10.1. The fourth-order valence-electron chi connectivity index (χ4n) is 3.35. The molecule has 3 aromatic rings. The number of hydrogen-bond acceptors (Lipinski definition) is 10. The van der Waals surface area contributed by atoms with Crippen LogP contribution in [0, 0.1) is 0 Å². The molecule has 0 radical (unpaired) electrons. The topological polar surface area (TPSA) is 158 Å². The van der Waals surface area contributed by atoms with Gasteiger partial charge in [0.1, 0.15) is 24.1 Å². The first-order valence-electron chi connectivity index (χ1n) is 10.1. The molecule has 4 atom stereocenters. The van der Waals surface area contributed by atoms with Gasteiger partial charge in [-0.05, 0) is 24.3 Å². The highest BCUT2D eigenvalue weighted by Crippen LogP contribution is 2.33. The number of amides is 1. The minimum atomic E-state index is -1.14. The van der Waals surface area contributed by atoms with E-state index in [1.807, 2.05) is 18.2 Å². The lowest BCUT2D eigenvalue weighted by Gasteiger charge is -2.16. The lowest BCUT2D eigenvalue weighted by molar-refractivity contribution is -0.0289. The van der Waals surface area contributed by atoms with E-state index in [-0.39, 0.29) is 12.4 Å². The summed E-state index contributed by atoms with van der Waals surface area (Å²) in [6.07, 6.45) is -0.689. The number of nitrogens with zero attached hydrogens (tertiary/aromatic N) is 4. The van der Waals surface area contributed by atoms with E-state index < -0.39 is 30.6 Å². The number of carbonyl (C=O) groups is 1. The Kier molecular flexibility index (Phi) is 7.05. The fraction of sp³-hybridized carbons (Fsp3) is 0.400. The number of nitrogen functional groups attached to an aromatic ring is 1. The van der Waals surface area contributed by atoms with Gasteiger partial charge in [0, 0.05) is 11.4 Å². The zero-order valence-corrected chi connectivity index (χ0v) is 17.9. The highest BCUT2D eigenvalue weighted by Gasteiger charge is 2.44. The predicted octanol–water partition coefficient (Wildman–Crippen LogP) is 1.40. The van der Waals surface area contributed by atoms with Gasteiger partial charge in [-0.15, -0.1) is 0 Å². The molecule has 5 N–H and O–H groups in total. The number of nitrogens with one attached hydrogen (secondary N) is 1. The van der Waals surface area contributed by atoms with E-state index in [0.717, 1.165) is 0 Å². The summed E-state index contributed by atoms with van der Waals surface area (Å²) in [4.78, 5) is 24.0. The average Bonchev–Trinajstić information content (AvgIpc) is 3.34. The standard InChI is InChI=1S/C20H24N6O5S/c21-17-14-18(23-10-22-17)26(11-24-14)19-16(28)15(27)13(31-19)9-32-8-4-7-30-20(29)25-12-5-2-1-3-6-12/h1-3,5-6,10-11,13,15-16,19,27-28H,4,7-9H2,(H,25,29)(H2,21,22,23)/t13-,15-,16-,19-/m1/s1. The largest absolute Gasteiger partial charge is 0.449 e. The molecule has 0 spiro atoms. The van der Waals surface area contributed by atoms with Crippen molar-refractivity contribution in [1.82, 2.24) is 19.5 Å². The van der Waals surface area contributed by atoms with E-state index in [1.54, 1.807) is 16.7 Å². The van der Waals surface area contributed by atoms with Crippen LogP contribution < -0.4 is 11.1 Å². The van der Waals surface area contributed by atoms with Crippen molar-refractivity contribution in [2.45, 2.75) is 31.0 Å². The van der Waals surface area contributed by atoms with Crippen LogP contribution in [0.1, 0.15) is 12.6 Å². The average molecular weight is 461 g/mol. The third-order valence-electron chi connectivity index (χ3n) is 4.97. The summed E-state index contributed by atoms with van der Waals surface area (Å²) in [5.41, 5.74) is 7.31. The second-order valence-corrected chi connectivity index (χ2v) is 8.33. The van der Waals surface area contributed by atoms with Crippen LogP contribution in [0.2, 0.25) is 0 Å². The number of fused-ring (bicyclic) bond motifs is 1. The van der Waals surface area contributed by atoms with Crippen LogP contribution in [0.25, 0.3) is 11.2 Å². The first-order chi connectivity index (χ1) is 15.5. The minimum Gasteiger partial charge on any atom is -0.449 e. The van der Waals surface area contributed by atoms with Crippen molar-refractivity contribution >= 4 is 40.5 Å². The third kappa shape index (κ3) is 4.93. The van der Waals surface area contributed by atoms with E-state index >= 15 is 0 Å². The number of aliphatic hydroxyl groups is 2. The Morgan fingerprint density at radius 1 is 1.22 bits per heavy atom. The molecule has 1 amide bonds. The molecule has 32 heavy (non-hydrogen) atoms. The van der Waals surface area contributed by atoms with Crippen molar-refractivity contribution in [3.8, 4) is 0 Å². The van der Waals surface area contributed by atoms with Crippen molar-refractivity contribution in [3.05, 3.63) is 43.0 Å². The van der Waals surface area contributed by atoms with Crippen molar-refractivity contribution in [1.29, 1.82) is 0 Å². The number of rotatable bonds is 8. The molecule has 0 bridgehead atoms. The smallest absolute Gasteiger partial charge is 0.411 e. The Morgan fingerprint density at radius 2 is 2.03 bits per heavy atom. The highest BCUT2D eigenvalue weighted by atomic mass is 32.2. The molecule has 4 rings (SSSR count). The van der Waals surface area contributed by atoms with Crippen LogP contribution in [0.5, 0.6) is 0 Å². The van der Waals surface area contributed by atoms with Crippen molar-refractivity contribution in [2.75, 3.05) is 29.2 Å². The number of benzene rings is 1. The number of thioether (sulfide) groups is 1. The molecule has 0 aliphatic carbocycles. The Morgan fingerprint density at radius 3 is 2.84 bits per heavy atom. The summed E-state index contributed by atoms with van der Waals surface area (Å²) in [5, 5.41) is 23.5. The number of para-hydroxylation sites is 1. The van der Waals surface area contributed by atoms with Crippen LogP contribution in [0.3, 0.4) is 0 Å². The number of imidazole rings is 1. The van der Waals surface area contributed by atoms with Crippen molar-refractivity contribution in [3.63, 3.8) is 0 Å². The molecule has 0 unspecified atom stereocenters. The fourth-order valence-corrected chi connectivity index (χ4v) is 4.35. The summed E-state index contributed by atoms with van der Waals surface area (Å²) in [6.45, 7) is 0.271. The van der Waals surface area contributed by atoms with Crippen molar-refractivity contribution in [2.24, 2.45) is 0 Å². The van der Waals surface area contributed by atoms with Gasteiger partial charge >= 0.3 is 6.09 Å². The number of hydrogen-bond donors (Lipinski definition) is 4. The number of aromatic nitrogens is 4. The highest BCUT2D eigenvalue weighted by molar-refractivity contribution is 7.99. The third-order valence-corrected chi connectivity index (χ3v) is 6.11. The maximum absolute atomic E-state index is 11.8. The van der Waals surface area contributed by atoms with Crippen LogP contribution in [-0.4, -0.2) is 72.2 Å². The van der Waals surface area contributed by atoms with E-state index in [0.29, 0.717) is 34.8 Å². The first kappa shape index (κ1) is 22.3. The van der Waals surface area contributed by atoms with Gasteiger partial charge in [0.25, 0.3) is 0 Å². The molecule has 3 heterocycles. The monoisotopic (exact) mass is 460 g/mol. The lowest BCUT2D eigenvalue weighted by Crippen LogP contribution is -2.32. The Hall–Kier alpha value is -2.93. The minimum absolute atomic E-state index is 0.230. The Labute approximate surface area is 188 Å². The number of carbonyl (C=O) groups excluding carboxylic acids is 1. The molecule has 170 valence electrons. The van der Waals surface area contributed by atoms with Crippen LogP contribution in [0.15, 0.2) is 43.0 Å². The Balaban J connectivity index is 1.21. The molecule has 1 saturated heterocycles. The zero-order chi connectivity index (χ0) is 22.5. The van der Waals surface area contributed by atoms with Gasteiger partial charge in [0.15, 0.2) is 17.7 Å². The molecule has 1 aromatic carbocycles. The van der Waals surface area contributed by atoms with Gasteiger partial charge in [-0.3, -0.25) is 9.88 Å². The molecule has 1 aliphatic heterocycles. The van der Waals surface area contributed by atoms with Gasteiger partial charge in [-0.2, -0.15) is 11.8 Å². The van der Waals surface area contributed by atoms with Gasteiger partial charge in [0.2, 0.25) is 0 Å². The van der Waals surface area contributed by atoms with E-state index in [2.05, 4.69) is 20.3 Å². The summed E-state index contributed by atoms with van der Waals surface area (Å²) < 4.78 is 12.6. The van der Waals surface area contributed by atoms with E-state index in [4.69, 9.17) is 15.2 Å². The lowest BCUT2D eigenvalue weighted by atomic mass is 10.1. The maximum atomic E-state index is 11.8. The van der Waals surface area contributed by atoms with E-state index in [1.165, 1.54) is 24.4 Å². The Bertz CT molecular complexity index is 1050. The zero-order valence-electron chi connectivity index (χ0n) is 17.1. The molecule has 0 saturated carbocycles. The van der Waals surface area contributed by atoms with Gasteiger partial charge in [-0.1, -0.05) is 18.2 Å². The molecule has 11 nitrogen and oxygen atoms in total. The number of anilines is 2. The molecule has 1 aliphatic rings. The molecule has 1 fully saturated rings. The number of ether oxygens (including phenoxy) is 2. The van der Waals surface area contributed by atoms with Gasteiger partial charge in [0.05, 0.1) is 19.0 Å². The first-order valence-corrected chi connectivity index (χ1v) is 11.2. The van der Waals surface area contributed by atoms with Crippen LogP contribution in [-0.2, 0) is 9.47 Å². The summed E-state index contributed by atoms with van der Waals surface area (Å²) in [7, 11) is 0. The SMILES string of the molecule is Nc1ncnc2c1ncn2[C@@H]1O[C@H](CSCCCOC(=O)Nc2ccccc2)[C@@H](O)[C@H]1O. The molecule has 12 heteroatoms. The maximum Gasteiger partial charge on any atom is 0.411 e. The summed E-state index contributed by atoms with van der Waals surface area (Å²) in [6, 6.07) is 9.07.